The third-order valence-electron chi connectivity index (χ3n) is 0.430. The van der Waals surface area contributed by atoms with Crippen LogP contribution in [0.2, 0.25) is 0 Å². The molecule has 7 heavy (non-hydrogen) atoms. The predicted molar refractivity (Wildman–Crippen MR) is 23.5 cm³/mol. The van der Waals surface area contributed by atoms with Crippen LogP contribution in [0.5, 0.6) is 0 Å². The third kappa shape index (κ3) is 0.725. The Hall–Kier alpha value is -0.950. The number of nitrogens with zero attached hydrogens (tertiary/aromatic N) is 3. The predicted octanol–water partition coefficient (Wildman–Crippen LogP) is 0.210. The van der Waals surface area contributed by atoms with Gasteiger partial charge in [0.25, 0.3) is 0 Å². The first-order chi connectivity index (χ1) is 3.43. The van der Waals surface area contributed by atoms with E-state index in [0.29, 0.717) is 0 Å². The molecule has 1 radical (unpaired) electrons. The zero-order chi connectivity index (χ0) is 5.11. The van der Waals surface area contributed by atoms with Gasteiger partial charge in [-0.3, -0.25) is 0 Å². The fraction of sp³-hybridized carbons (Fsp3) is 0. The van der Waals surface area contributed by atoms with E-state index in [-0.39, 0.29) is 5.69 Å². The molecule has 0 aliphatic carbocycles. The average Bonchev–Trinajstić information content (AvgIpc) is 2.14. The van der Waals surface area contributed by atoms with E-state index in [1.165, 1.54) is 0 Å². The highest BCUT2D eigenvalue weighted by atomic mass is 32.1. The van der Waals surface area contributed by atoms with Crippen LogP contribution >= 0.6 is 11.7 Å². The van der Waals surface area contributed by atoms with E-state index < -0.39 is 0 Å². The molecule has 0 spiro atoms. The van der Waals surface area contributed by atoms with Crippen molar-refractivity contribution in [3.05, 3.63) is 11.9 Å². The maximum absolute atomic E-state index is 8.05. The Labute approximate surface area is 44.6 Å². The first-order valence-corrected chi connectivity index (χ1v) is 2.27. The van der Waals surface area contributed by atoms with Gasteiger partial charge in [0.15, 0.2) is 5.69 Å². The summed E-state index contributed by atoms with van der Waals surface area (Å²) in [5.41, 5.74) is 0.269. The van der Waals surface area contributed by atoms with Gasteiger partial charge in [0.1, 0.15) is 12.3 Å². The number of hydrogen-bond donors (Lipinski definition) is 0. The molecule has 1 heterocycles. The molecule has 0 unspecified atom stereocenters. The summed E-state index contributed by atoms with van der Waals surface area (Å²) in [4.78, 5) is 0. The molecule has 0 saturated heterocycles. The second-order valence-corrected chi connectivity index (χ2v) is 1.36. The molecular formula is C3N3S. The second-order valence-electron chi connectivity index (χ2n) is 0.836. The van der Waals surface area contributed by atoms with Crippen LogP contribution < -0.4 is 0 Å². The van der Waals surface area contributed by atoms with Gasteiger partial charge in [-0.05, 0) is 0 Å². The maximum atomic E-state index is 8.05. The normalized spacial score (nSPS) is 7.86. The Morgan fingerprint density at radius 1 is 1.86 bits per heavy atom. The van der Waals surface area contributed by atoms with Crippen LogP contribution in [-0.2, 0) is 0 Å². The summed E-state index contributed by atoms with van der Waals surface area (Å²) in [6.45, 7) is 0. The van der Waals surface area contributed by atoms with Gasteiger partial charge in [-0.25, -0.2) is 0 Å². The fourth-order valence-electron chi connectivity index (χ4n) is 0.191. The van der Waals surface area contributed by atoms with Crippen LogP contribution in [-0.4, -0.2) is 8.75 Å². The molecule has 4 heteroatoms. The minimum Gasteiger partial charge on any atom is -0.191 e. The van der Waals surface area contributed by atoms with E-state index in [9.17, 15) is 0 Å². The maximum Gasteiger partial charge on any atom is 0.184 e. The molecule has 0 aliphatic heterocycles. The Balaban J connectivity index is 3.04. The SMILES string of the molecule is N#Cc1[c]nsn1. The van der Waals surface area contributed by atoms with Gasteiger partial charge in [-0.2, -0.15) is 14.0 Å². The van der Waals surface area contributed by atoms with Crippen molar-refractivity contribution in [2.24, 2.45) is 0 Å². The lowest BCUT2D eigenvalue weighted by Crippen LogP contribution is -1.64. The van der Waals surface area contributed by atoms with Crippen molar-refractivity contribution < 1.29 is 0 Å². The summed E-state index contributed by atoms with van der Waals surface area (Å²) in [7, 11) is 0. The van der Waals surface area contributed by atoms with Gasteiger partial charge in [-0.15, -0.1) is 0 Å². The summed E-state index contributed by atoms with van der Waals surface area (Å²) in [5, 5.41) is 8.05. The van der Waals surface area contributed by atoms with Gasteiger partial charge >= 0.3 is 0 Å². The van der Waals surface area contributed by atoms with Crippen LogP contribution in [0.4, 0.5) is 0 Å². The summed E-state index contributed by atoms with van der Waals surface area (Å²) in [5.74, 6) is 0. The van der Waals surface area contributed by atoms with Crippen LogP contribution in [0, 0.1) is 17.5 Å². The topological polar surface area (TPSA) is 49.6 Å². The van der Waals surface area contributed by atoms with Crippen molar-refractivity contribution in [3.8, 4) is 6.07 Å². The van der Waals surface area contributed by atoms with Crippen molar-refractivity contribution in [1.82, 2.24) is 8.75 Å². The molecule has 0 saturated carbocycles. The first-order valence-electron chi connectivity index (χ1n) is 1.54. The molecule has 3 nitrogen and oxygen atoms in total. The quantitative estimate of drug-likeness (QED) is 0.479. The van der Waals surface area contributed by atoms with Gasteiger partial charge in [0.05, 0.1) is 11.7 Å². The molecule has 33 valence electrons. The molecule has 0 N–H and O–H groups in total. The van der Waals surface area contributed by atoms with Crippen molar-refractivity contribution in [3.63, 3.8) is 0 Å². The van der Waals surface area contributed by atoms with Crippen LogP contribution in [0.1, 0.15) is 5.69 Å². The molecule has 0 fully saturated rings. The van der Waals surface area contributed by atoms with Gasteiger partial charge < -0.3 is 0 Å². The second kappa shape index (κ2) is 1.67. The fourth-order valence-corrected chi connectivity index (χ4v) is 0.522. The zero-order valence-corrected chi connectivity index (χ0v) is 4.07. The number of aromatic nitrogens is 2. The van der Waals surface area contributed by atoms with Crippen LogP contribution in [0.3, 0.4) is 0 Å². The summed E-state index contributed by atoms with van der Waals surface area (Å²) < 4.78 is 7.02. The van der Waals surface area contributed by atoms with E-state index in [0.717, 1.165) is 11.7 Å². The molecule has 1 rings (SSSR count). The lowest BCUT2D eigenvalue weighted by Gasteiger charge is -1.57. The van der Waals surface area contributed by atoms with Crippen LogP contribution in [0.25, 0.3) is 0 Å². The Morgan fingerprint density at radius 3 is 3.00 bits per heavy atom. The summed E-state index contributed by atoms with van der Waals surface area (Å²) in [6, 6.07) is 1.79. The smallest absolute Gasteiger partial charge is 0.184 e. The Morgan fingerprint density at radius 2 is 2.71 bits per heavy atom. The van der Waals surface area contributed by atoms with E-state index >= 15 is 0 Å². The lowest BCUT2D eigenvalue weighted by atomic mass is 10.6. The minimum absolute atomic E-state index is 0.269. The van der Waals surface area contributed by atoms with Crippen molar-refractivity contribution in [2.45, 2.75) is 0 Å². The van der Waals surface area contributed by atoms with Crippen molar-refractivity contribution in [2.75, 3.05) is 0 Å². The molecule has 0 aromatic carbocycles. The van der Waals surface area contributed by atoms with Gasteiger partial charge in [0, 0.05) is 0 Å². The van der Waals surface area contributed by atoms with Crippen molar-refractivity contribution >= 4 is 11.7 Å². The molecule has 0 bridgehead atoms. The molecule has 1 aromatic rings. The van der Waals surface area contributed by atoms with Gasteiger partial charge in [-0.1, -0.05) is 0 Å². The van der Waals surface area contributed by atoms with E-state index in [4.69, 9.17) is 5.26 Å². The first kappa shape index (κ1) is 4.22. The average molecular weight is 110 g/mol. The number of hydrogen-bond acceptors (Lipinski definition) is 4. The van der Waals surface area contributed by atoms with Crippen molar-refractivity contribution in [1.29, 1.82) is 5.26 Å². The molecule has 0 amide bonds. The standard InChI is InChI=1S/C3N3S/c4-1-3-2-5-7-6-3. The van der Waals surface area contributed by atoms with E-state index in [2.05, 4.69) is 14.9 Å². The van der Waals surface area contributed by atoms with Crippen LogP contribution in [0.15, 0.2) is 0 Å². The van der Waals surface area contributed by atoms with Gasteiger partial charge in [0.2, 0.25) is 0 Å². The molecule has 1 aromatic heterocycles. The van der Waals surface area contributed by atoms with E-state index in [1.54, 1.807) is 6.07 Å². The number of nitriles is 1. The zero-order valence-electron chi connectivity index (χ0n) is 3.25. The largest absolute Gasteiger partial charge is 0.191 e. The Kier molecular flexibility index (Phi) is 1.00. The minimum atomic E-state index is 0.269. The number of rotatable bonds is 0. The lowest BCUT2D eigenvalue weighted by molar-refractivity contribution is 1.39. The highest BCUT2D eigenvalue weighted by Crippen LogP contribution is 1.87. The Bertz CT molecular complexity index is 173. The van der Waals surface area contributed by atoms with E-state index in [1.807, 2.05) is 0 Å². The summed E-state index contributed by atoms with van der Waals surface area (Å²) >= 11 is 0.986. The highest BCUT2D eigenvalue weighted by molar-refractivity contribution is 6.99. The summed E-state index contributed by atoms with van der Waals surface area (Å²) in [6.07, 6.45) is 2.38. The monoisotopic (exact) mass is 110 g/mol. The highest BCUT2D eigenvalue weighted by Gasteiger charge is 1.87. The third-order valence-corrected chi connectivity index (χ3v) is 0.868. The molecule has 0 atom stereocenters. The molecule has 0 aliphatic rings. The molecular weight excluding hydrogens is 110 g/mol.